The van der Waals surface area contributed by atoms with Crippen LogP contribution in [0.1, 0.15) is 95.1 Å². The quantitative estimate of drug-likeness (QED) is 0.469. The van der Waals surface area contributed by atoms with Gasteiger partial charge in [-0.05, 0) is 79.7 Å². The second-order valence-electron chi connectivity index (χ2n) is 9.19. The number of hydrogen-bond donors (Lipinski definition) is 0. The van der Waals surface area contributed by atoms with Crippen LogP contribution in [0.4, 0.5) is 0 Å². The van der Waals surface area contributed by atoms with Crippen LogP contribution in [0.15, 0.2) is 24.3 Å². The molecule has 0 amide bonds. The largest absolute Gasteiger partial charge is 0.120 e. The normalized spacial score (nSPS) is 30.5. The van der Waals surface area contributed by atoms with Gasteiger partial charge in [0.1, 0.15) is 0 Å². The van der Waals surface area contributed by atoms with Gasteiger partial charge < -0.3 is 0 Å². The first kappa shape index (κ1) is 19.5. The average molecular weight is 351 g/mol. The highest BCUT2D eigenvalue weighted by Crippen LogP contribution is 2.44. The molecule has 1 unspecified atom stereocenters. The Kier molecular flexibility index (Phi) is 7.24. The van der Waals surface area contributed by atoms with Gasteiger partial charge in [-0.15, -0.1) is 12.3 Å². The fourth-order valence-corrected chi connectivity index (χ4v) is 5.62. The summed E-state index contributed by atoms with van der Waals surface area (Å²) in [5.41, 5.74) is 2.95. The van der Waals surface area contributed by atoms with Crippen molar-refractivity contribution in [1.29, 1.82) is 0 Å². The molecule has 0 heteroatoms. The summed E-state index contributed by atoms with van der Waals surface area (Å²) in [6.45, 7) is 4.47. The molecule has 2 aliphatic rings. The Morgan fingerprint density at radius 1 is 0.923 bits per heavy atom. The Morgan fingerprint density at radius 3 is 2.04 bits per heavy atom. The van der Waals surface area contributed by atoms with Crippen molar-refractivity contribution in [3.63, 3.8) is 0 Å². The molecule has 2 saturated carbocycles. The van der Waals surface area contributed by atoms with Gasteiger partial charge in [-0.25, -0.2) is 0 Å². The first-order chi connectivity index (χ1) is 12.7. The van der Waals surface area contributed by atoms with Crippen LogP contribution >= 0.6 is 0 Å². The number of terminal acetylenes is 1. The van der Waals surface area contributed by atoms with E-state index in [0.29, 0.717) is 5.92 Å². The molecule has 0 heterocycles. The Bertz CT molecular complexity index is 559. The van der Waals surface area contributed by atoms with Gasteiger partial charge in [0.05, 0.1) is 0 Å². The van der Waals surface area contributed by atoms with Crippen LogP contribution < -0.4 is 0 Å². The summed E-state index contributed by atoms with van der Waals surface area (Å²) in [6.07, 6.45) is 21.1. The predicted octanol–water partition coefficient (Wildman–Crippen LogP) is 7.38. The van der Waals surface area contributed by atoms with Crippen LogP contribution in [0.2, 0.25) is 0 Å². The van der Waals surface area contributed by atoms with Gasteiger partial charge in [-0.3, -0.25) is 0 Å². The Morgan fingerprint density at radius 2 is 1.50 bits per heavy atom. The maximum Gasteiger partial charge on any atom is 0.0212 e. The van der Waals surface area contributed by atoms with E-state index in [9.17, 15) is 0 Å². The van der Waals surface area contributed by atoms with Crippen molar-refractivity contribution in [3.8, 4) is 12.3 Å². The third-order valence-corrected chi connectivity index (χ3v) is 7.30. The summed E-state index contributed by atoms with van der Waals surface area (Å²) in [7, 11) is 0. The molecule has 26 heavy (non-hydrogen) atoms. The van der Waals surface area contributed by atoms with E-state index in [1.54, 1.807) is 5.56 Å². The average Bonchev–Trinajstić information content (AvgIpc) is 2.69. The smallest absolute Gasteiger partial charge is 0.0212 e. The van der Waals surface area contributed by atoms with E-state index in [2.05, 4.69) is 44.0 Å². The molecule has 0 nitrogen and oxygen atoms in total. The molecule has 2 aliphatic carbocycles. The molecule has 2 fully saturated rings. The van der Waals surface area contributed by atoms with Gasteiger partial charge >= 0.3 is 0 Å². The molecule has 0 radical (unpaired) electrons. The maximum absolute atomic E-state index is 5.51. The van der Waals surface area contributed by atoms with Crippen molar-refractivity contribution in [2.45, 2.75) is 90.4 Å². The number of benzene rings is 1. The molecule has 0 bridgehead atoms. The SMILES string of the molecule is C#CC(C)Cc1ccc(C2CCC(C3CCC(CCC)CC3)CC2)cc1. The second-order valence-corrected chi connectivity index (χ2v) is 9.19. The summed E-state index contributed by atoms with van der Waals surface area (Å²) in [4.78, 5) is 0. The molecule has 0 spiro atoms. The number of rotatable bonds is 6. The minimum absolute atomic E-state index is 0.337. The first-order valence-electron chi connectivity index (χ1n) is 11.2. The van der Waals surface area contributed by atoms with Crippen molar-refractivity contribution in [1.82, 2.24) is 0 Å². The summed E-state index contributed by atoms with van der Waals surface area (Å²) in [5, 5.41) is 0. The van der Waals surface area contributed by atoms with Crippen LogP contribution in [0.5, 0.6) is 0 Å². The lowest BCUT2D eigenvalue weighted by atomic mass is 9.68. The van der Waals surface area contributed by atoms with E-state index < -0.39 is 0 Å². The fourth-order valence-electron chi connectivity index (χ4n) is 5.62. The van der Waals surface area contributed by atoms with Crippen molar-refractivity contribution in [2.75, 3.05) is 0 Å². The lowest BCUT2D eigenvalue weighted by molar-refractivity contribution is 0.156. The van der Waals surface area contributed by atoms with Gasteiger partial charge in [-0.1, -0.05) is 63.8 Å². The Hall–Kier alpha value is -1.22. The molecule has 0 aromatic heterocycles. The van der Waals surface area contributed by atoms with Gasteiger partial charge in [0.25, 0.3) is 0 Å². The second kappa shape index (κ2) is 9.64. The predicted molar refractivity (Wildman–Crippen MR) is 113 cm³/mol. The van der Waals surface area contributed by atoms with Crippen molar-refractivity contribution in [2.24, 2.45) is 23.7 Å². The zero-order valence-electron chi connectivity index (χ0n) is 17.1. The van der Waals surface area contributed by atoms with Crippen LogP contribution in [0.25, 0.3) is 0 Å². The molecule has 0 saturated heterocycles. The molecule has 1 aromatic carbocycles. The van der Waals surface area contributed by atoms with E-state index in [-0.39, 0.29) is 0 Å². The van der Waals surface area contributed by atoms with E-state index >= 15 is 0 Å². The van der Waals surface area contributed by atoms with E-state index in [4.69, 9.17) is 6.42 Å². The summed E-state index contributed by atoms with van der Waals surface area (Å²) >= 11 is 0. The van der Waals surface area contributed by atoms with Gasteiger partial charge in [-0.2, -0.15) is 0 Å². The van der Waals surface area contributed by atoms with Crippen molar-refractivity contribution >= 4 is 0 Å². The summed E-state index contributed by atoms with van der Waals surface area (Å²) in [5.74, 6) is 7.07. The molecule has 1 aromatic rings. The lowest BCUT2D eigenvalue weighted by Crippen LogP contribution is -2.25. The molecule has 3 rings (SSSR count). The zero-order chi connectivity index (χ0) is 18.4. The third kappa shape index (κ3) is 5.16. The Balaban J connectivity index is 1.46. The lowest BCUT2D eigenvalue weighted by Gasteiger charge is -2.38. The molecular weight excluding hydrogens is 312 g/mol. The number of hydrogen-bond acceptors (Lipinski definition) is 0. The zero-order valence-corrected chi connectivity index (χ0v) is 17.1. The van der Waals surface area contributed by atoms with Crippen molar-refractivity contribution < 1.29 is 0 Å². The van der Waals surface area contributed by atoms with E-state index in [0.717, 1.165) is 30.1 Å². The van der Waals surface area contributed by atoms with Crippen LogP contribution in [0, 0.1) is 36.0 Å². The molecule has 0 aliphatic heterocycles. The highest BCUT2D eigenvalue weighted by atomic mass is 14.4. The van der Waals surface area contributed by atoms with Crippen molar-refractivity contribution in [3.05, 3.63) is 35.4 Å². The topological polar surface area (TPSA) is 0 Å². The molecule has 1 atom stereocenters. The standard InChI is InChI=1S/C26H38/c1-4-6-21-7-11-23(12-8-21)25-15-17-26(18-16-25)24-13-9-22(10-14-24)19-20(3)5-2/h2,9-10,13-14,20-21,23,25-26H,4,6-8,11-12,15-19H2,1,3H3. The summed E-state index contributed by atoms with van der Waals surface area (Å²) < 4.78 is 0. The van der Waals surface area contributed by atoms with Gasteiger partial charge in [0.2, 0.25) is 0 Å². The van der Waals surface area contributed by atoms with E-state index in [1.165, 1.54) is 69.8 Å². The summed E-state index contributed by atoms with van der Waals surface area (Å²) in [6, 6.07) is 9.37. The van der Waals surface area contributed by atoms with Gasteiger partial charge in [0.15, 0.2) is 0 Å². The molecular formula is C26H38. The maximum atomic E-state index is 5.51. The molecule has 142 valence electrons. The monoisotopic (exact) mass is 350 g/mol. The minimum atomic E-state index is 0.337. The van der Waals surface area contributed by atoms with Gasteiger partial charge in [0, 0.05) is 5.92 Å². The van der Waals surface area contributed by atoms with Crippen LogP contribution in [-0.4, -0.2) is 0 Å². The highest BCUT2D eigenvalue weighted by Gasteiger charge is 2.31. The Labute approximate surface area is 162 Å². The van der Waals surface area contributed by atoms with E-state index in [1.807, 2.05) is 0 Å². The third-order valence-electron chi connectivity index (χ3n) is 7.30. The van der Waals surface area contributed by atoms with Crippen LogP contribution in [0.3, 0.4) is 0 Å². The first-order valence-corrected chi connectivity index (χ1v) is 11.2. The fraction of sp³-hybridized carbons (Fsp3) is 0.692. The van der Waals surface area contributed by atoms with Crippen LogP contribution in [-0.2, 0) is 6.42 Å². The molecule has 0 N–H and O–H groups in total. The minimum Gasteiger partial charge on any atom is -0.120 e. The highest BCUT2D eigenvalue weighted by molar-refractivity contribution is 5.26.